The number of hydrogen-bond acceptors (Lipinski definition) is 8. The van der Waals surface area contributed by atoms with Gasteiger partial charge in [0.1, 0.15) is 5.69 Å². The normalized spacial score (nSPS) is 10.7. The number of hydrogen-bond donors (Lipinski definition) is 1. The number of nitrogens with zero attached hydrogens (tertiary/aromatic N) is 2. The molecular weight excluding hydrogens is 334 g/mol. The van der Waals surface area contributed by atoms with Gasteiger partial charge in [-0.05, 0) is 19.9 Å². The maximum absolute atomic E-state index is 12.5. The van der Waals surface area contributed by atoms with Crippen LogP contribution >= 0.6 is 0 Å². The predicted octanol–water partition coefficient (Wildman–Crippen LogP) is 0.533. The fourth-order valence-electron chi connectivity index (χ4n) is 2.17. The van der Waals surface area contributed by atoms with E-state index < -0.39 is 40.4 Å². The number of carbonyl (C=O) groups is 3. The second kappa shape index (κ2) is 8.71. The van der Waals surface area contributed by atoms with Crippen molar-refractivity contribution < 1.29 is 28.8 Å². The van der Waals surface area contributed by atoms with Crippen LogP contribution in [0.25, 0.3) is 0 Å². The number of rotatable bonds is 8. The fraction of sp³-hybridized carbons (Fsp3) is 0.467. The number of nitrogens with one attached hydrogen (secondary N) is 1. The van der Waals surface area contributed by atoms with Gasteiger partial charge in [-0.2, -0.15) is 0 Å². The Morgan fingerprint density at radius 2 is 1.80 bits per heavy atom. The number of amides is 1. The highest BCUT2D eigenvalue weighted by molar-refractivity contribution is 6.08. The monoisotopic (exact) mass is 353 g/mol. The Morgan fingerprint density at radius 1 is 1.24 bits per heavy atom. The van der Waals surface area contributed by atoms with Crippen LogP contribution < -0.4 is 5.32 Å². The van der Waals surface area contributed by atoms with Crippen LogP contribution in [0.4, 0.5) is 5.69 Å². The van der Waals surface area contributed by atoms with Crippen molar-refractivity contribution in [3.8, 4) is 0 Å². The molecule has 0 saturated heterocycles. The molecular formula is C15H19N3O7. The minimum absolute atomic E-state index is 0.0656. The number of nitro groups is 1. The van der Waals surface area contributed by atoms with E-state index in [0.717, 1.165) is 6.92 Å². The molecule has 0 aliphatic carbocycles. The van der Waals surface area contributed by atoms with Gasteiger partial charge in [-0.3, -0.25) is 19.9 Å². The van der Waals surface area contributed by atoms with Crippen molar-refractivity contribution in [3.05, 3.63) is 34.1 Å². The molecule has 1 heterocycles. The predicted molar refractivity (Wildman–Crippen MR) is 84.4 cm³/mol. The van der Waals surface area contributed by atoms with E-state index in [4.69, 9.17) is 9.47 Å². The van der Waals surface area contributed by atoms with Crippen LogP contribution in [0.3, 0.4) is 0 Å². The van der Waals surface area contributed by atoms with Crippen LogP contribution in [0.1, 0.15) is 26.5 Å². The third-order valence-electron chi connectivity index (χ3n) is 3.13. The topological polar surface area (TPSA) is 138 Å². The molecule has 1 aromatic rings. The van der Waals surface area contributed by atoms with Crippen LogP contribution in [0.15, 0.2) is 18.3 Å². The van der Waals surface area contributed by atoms with Gasteiger partial charge >= 0.3 is 11.9 Å². The highest BCUT2D eigenvalue weighted by Crippen LogP contribution is 2.23. The molecule has 0 fully saturated rings. The highest BCUT2D eigenvalue weighted by atomic mass is 16.6. The summed E-state index contributed by atoms with van der Waals surface area (Å²) in [5, 5.41) is 13.4. The third kappa shape index (κ3) is 4.72. The summed E-state index contributed by atoms with van der Waals surface area (Å²) in [6, 6.07) is 2.52. The summed E-state index contributed by atoms with van der Waals surface area (Å²) in [5.74, 6) is -2.87. The van der Waals surface area contributed by atoms with Gasteiger partial charge in [-0.25, -0.2) is 9.59 Å². The Bertz CT molecular complexity index is 657. The van der Waals surface area contributed by atoms with Gasteiger partial charge in [0, 0.05) is 25.6 Å². The average molecular weight is 353 g/mol. The second-order valence-electron chi connectivity index (χ2n) is 4.93. The van der Waals surface area contributed by atoms with Crippen molar-refractivity contribution in [1.82, 2.24) is 10.3 Å². The Balaban J connectivity index is 3.47. The summed E-state index contributed by atoms with van der Waals surface area (Å²) in [7, 11) is 0. The van der Waals surface area contributed by atoms with E-state index in [-0.39, 0.29) is 18.9 Å². The zero-order valence-corrected chi connectivity index (χ0v) is 14.1. The van der Waals surface area contributed by atoms with E-state index >= 15 is 0 Å². The highest BCUT2D eigenvalue weighted by Gasteiger charge is 2.51. The molecule has 0 saturated carbocycles. The standard InChI is InChI=1S/C15H19N3O7/c1-4-24-13(20)15(17-10(3)19,14(21)25-5-2)9-11-12(18(22)23)7-6-8-16-11/h6-8H,4-5,9H2,1-3H3,(H,17,19). The molecule has 0 bridgehead atoms. The molecule has 136 valence electrons. The quantitative estimate of drug-likeness (QED) is 0.309. The lowest BCUT2D eigenvalue weighted by Crippen LogP contribution is -2.62. The fourth-order valence-corrected chi connectivity index (χ4v) is 2.17. The van der Waals surface area contributed by atoms with E-state index in [1.54, 1.807) is 0 Å². The Kier molecular flexibility index (Phi) is 6.97. The SMILES string of the molecule is CCOC(=O)C(Cc1ncccc1[N+](=O)[O-])(NC(C)=O)C(=O)OCC. The molecule has 0 radical (unpaired) electrons. The molecule has 0 aromatic carbocycles. The number of pyridine rings is 1. The summed E-state index contributed by atoms with van der Waals surface area (Å²) in [6.07, 6.45) is 0.693. The van der Waals surface area contributed by atoms with E-state index in [0.29, 0.717) is 0 Å². The minimum Gasteiger partial charge on any atom is -0.464 e. The van der Waals surface area contributed by atoms with Crippen molar-refractivity contribution in [1.29, 1.82) is 0 Å². The molecule has 1 rings (SSSR count). The molecule has 0 unspecified atom stereocenters. The molecule has 1 aromatic heterocycles. The van der Waals surface area contributed by atoms with Gasteiger partial charge in [0.05, 0.1) is 18.1 Å². The largest absolute Gasteiger partial charge is 0.464 e. The van der Waals surface area contributed by atoms with Gasteiger partial charge in [0.2, 0.25) is 11.4 Å². The van der Waals surface area contributed by atoms with Gasteiger partial charge in [-0.15, -0.1) is 0 Å². The van der Waals surface area contributed by atoms with Crippen LogP contribution in [0.2, 0.25) is 0 Å². The molecule has 25 heavy (non-hydrogen) atoms. The third-order valence-corrected chi connectivity index (χ3v) is 3.13. The van der Waals surface area contributed by atoms with Crippen molar-refractivity contribution >= 4 is 23.5 Å². The Morgan fingerprint density at radius 3 is 2.24 bits per heavy atom. The maximum atomic E-state index is 12.5. The number of esters is 2. The first-order chi connectivity index (χ1) is 11.8. The first-order valence-corrected chi connectivity index (χ1v) is 7.50. The lowest BCUT2D eigenvalue weighted by atomic mass is 9.92. The molecule has 10 heteroatoms. The zero-order chi connectivity index (χ0) is 19.0. The minimum atomic E-state index is -2.27. The molecule has 0 aliphatic heterocycles. The van der Waals surface area contributed by atoms with E-state index in [2.05, 4.69) is 10.3 Å². The maximum Gasteiger partial charge on any atom is 0.344 e. The lowest BCUT2D eigenvalue weighted by Gasteiger charge is -2.29. The summed E-state index contributed by atoms with van der Waals surface area (Å²) >= 11 is 0. The smallest absolute Gasteiger partial charge is 0.344 e. The lowest BCUT2D eigenvalue weighted by molar-refractivity contribution is -0.386. The first kappa shape index (κ1) is 20.0. The Labute approximate surface area is 143 Å². The molecule has 10 nitrogen and oxygen atoms in total. The van der Waals surface area contributed by atoms with E-state index in [1.165, 1.54) is 32.2 Å². The summed E-state index contributed by atoms with van der Waals surface area (Å²) in [6.45, 7) is 4.00. The van der Waals surface area contributed by atoms with Crippen molar-refractivity contribution in [2.24, 2.45) is 0 Å². The molecule has 1 amide bonds. The van der Waals surface area contributed by atoms with Crippen molar-refractivity contribution in [2.75, 3.05) is 13.2 Å². The van der Waals surface area contributed by atoms with Gasteiger partial charge in [-0.1, -0.05) is 0 Å². The number of carbonyl (C=O) groups excluding carboxylic acids is 3. The first-order valence-electron chi connectivity index (χ1n) is 7.50. The number of aromatic nitrogens is 1. The van der Waals surface area contributed by atoms with Crippen LogP contribution in [0, 0.1) is 10.1 Å². The molecule has 1 N–H and O–H groups in total. The Hall–Kier alpha value is -3.04. The van der Waals surface area contributed by atoms with Crippen molar-refractivity contribution in [2.45, 2.75) is 32.7 Å². The van der Waals surface area contributed by atoms with Crippen LogP contribution in [-0.2, 0) is 30.3 Å². The zero-order valence-electron chi connectivity index (χ0n) is 14.1. The number of ether oxygens (including phenoxy) is 2. The molecule has 0 aliphatic rings. The molecule has 0 spiro atoms. The second-order valence-corrected chi connectivity index (χ2v) is 4.93. The van der Waals surface area contributed by atoms with E-state index in [9.17, 15) is 24.5 Å². The van der Waals surface area contributed by atoms with Crippen LogP contribution in [0.5, 0.6) is 0 Å². The van der Waals surface area contributed by atoms with Crippen LogP contribution in [-0.4, -0.2) is 46.5 Å². The van der Waals surface area contributed by atoms with Gasteiger partial charge in [0.15, 0.2) is 0 Å². The average Bonchev–Trinajstić information content (AvgIpc) is 2.54. The van der Waals surface area contributed by atoms with Gasteiger partial charge < -0.3 is 14.8 Å². The van der Waals surface area contributed by atoms with Gasteiger partial charge in [0.25, 0.3) is 5.69 Å². The summed E-state index contributed by atoms with van der Waals surface area (Å²) in [4.78, 5) is 50.9. The summed E-state index contributed by atoms with van der Waals surface area (Å²) in [5.41, 5.74) is -2.83. The van der Waals surface area contributed by atoms with E-state index in [1.807, 2.05) is 0 Å². The van der Waals surface area contributed by atoms with Crippen molar-refractivity contribution in [3.63, 3.8) is 0 Å². The summed E-state index contributed by atoms with van der Waals surface area (Å²) < 4.78 is 9.79. The molecule has 0 atom stereocenters.